The van der Waals surface area contributed by atoms with Crippen LogP contribution < -0.4 is 0 Å². The molecule has 1 aliphatic heterocycles. The van der Waals surface area contributed by atoms with Crippen LogP contribution in [-0.2, 0) is 4.74 Å². The van der Waals surface area contributed by atoms with Crippen LogP contribution in [0.15, 0.2) is 0 Å². The van der Waals surface area contributed by atoms with Crippen LogP contribution in [0.3, 0.4) is 0 Å². The lowest BCUT2D eigenvalue weighted by Gasteiger charge is -2.10. The summed E-state index contributed by atoms with van der Waals surface area (Å²) >= 11 is 0. The van der Waals surface area contributed by atoms with Gasteiger partial charge in [-0.25, -0.2) is 0 Å². The van der Waals surface area contributed by atoms with E-state index in [1.54, 1.807) is 0 Å². The van der Waals surface area contributed by atoms with E-state index in [0.717, 1.165) is 0 Å². The Balaban J connectivity index is 2.53. The zero-order valence-electron chi connectivity index (χ0n) is 5.92. The van der Waals surface area contributed by atoms with Crippen molar-refractivity contribution in [3.05, 3.63) is 0 Å². The number of hydrogen-bond donors (Lipinski definition) is 4. The number of hydrogen-bond acceptors (Lipinski definition) is 5. The number of rotatable bonds is 2. The SMILES string of the molecule is OC[C@@H]1O[C@@H](CO)[C@H](O)[C@H]1O. The molecule has 0 unspecified atom stereocenters. The molecule has 4 atom stereocenters. The molecule has 0 aromatic rings. The van der Waals surface area contributed by atoms with Crippen molar-refractivity contribution in [1.82, 2.24) is 0 Å². The van der Waals surface area contributed by atoms with Crippen molar-refractivity contribution in [3.63, 3.8) is 0 Å². The smallest absolute Gasteiger partial charge is 0.111 e. The average molecular weight is 164 g/mol. The van der Waals surface area contributed by atoms with Gasteiger partial charge in [-0.1, -0.05) is 0 Å². The summed E-state index contributed by atoms with van der Waals surface area (Å²) in [7, 11) is 0. The lowest BCUT2D eigenvalue weighted by atomic mass is 10.1. The minimum Gasteiger partial charge on any atom is -0.394 e. The van der Waals surface area contributed by atoms with Crippen LogP contribution in [0.4, 0.5) is 0 Å². The van der Waals surface area contributed by atoms with E-state index < -0.39 is 24.4 Å². The Morgan fingerprint density at radius 3 is 1.45 bits per heavy atom. The van der Waals surface area contributed by atoms with Crippen LogP contribution in [0.2, 0.25) is 0 Å². The molecule has 1 heterocycles. The lowest BCUT2D eigenvalue weighted by Crippen LogP contribution is -2.34. The Bertz CT molecular complexity index is 110. The summed E-state index contributed by atoms with van der Waals surface area (Å²) in [6, 6.07) is 0. The first-order chi connectivity index (χ1) is 5.20. The maximum atomic E-state index is 9.11. The van der Waals surface area contributed by atoms with Gasteiger partial charge in [-0.2, -0.15) is 0 Å². The van der Waals surface area contributed by atoms with Gasteiger partial charge in [0.05, 0.1) is 13.2 Å². The molecular formula is C6H12O5. The number of aliphatic hydroxyl groups is 4. The van der Waals surface area contributed by atoms with Gasteiger partial charge < -0.3 is 25.2 Å². The highest BCUT2D eigenvalue weighted by atomic mass is 16.6. The first-order valence-electron chi connectivity index (χ1n) is 3.44. The molecule has 0 spiro atoms. The quantitative estimate of drug-likeness (QED) is 0.361. The molecule has 11 heavy (non-hydrogen) atoms. The monoisotopic (exact) mass is 164 g/mol. The van der Waals surface area contributed by atoms with Crippen molar-refractivity contribution in [2.75, 3.05) is 13.2 Å². The predicted molar refractivity (Wildman–Crippen MR) is 34.8 cm³/mol. The molecule has 4 N–H and O–H groups in total. The normalized spacial score (nSPS) is 44.7. The average Bonchev–Trinajstić information content (AvgIpc) is 2.30. The van der Waals surface area contributed by atoms with Crippen LogP contribution in [0, 0.1) is 0 Å². The molecule has 1 rings (SSSR count). The fraction of sp³-hybridized carbons (Fsp3) is 1.00. The molecule has 0 aliphatic carbocycles. The number of aliphatic hydroxyl groups excluding tert-OH is 4. The summed E-state index contributed by atoms with van der Waals surface area (Å²) in [6.45, 7) is -0.705. The largest absolute Gasteiger partial charge is 0.394 e. The summed E-state index contributed by atoms with van der Waals surface area (Å²) in [5.74, 6) is 0. The summed E-state index contributed by atoms with van der Waals surface area (Å²) in [6.07, 6.45) is -3.75. The van der Waals surface area contributed by atoms with Crippen LogP contribution in [-0.4, -0.2) is 58.1 Å². The highest BCUT2D eigenvalue weighted by molar-refractivity contribution is 4.89. The lowest BCUT2D eigenvalue weighted by molar-refractivity contribution is -0.0395. The standard InChI is InChI=1S/C6H12O5/c7-1-3-5(9)6(10)4(2-8)11-3/h3-10H,1-2H2/t3-,4-,5-,6-/m0/s1. The third-order valence-corrected chi connectivity index (χ3v) is 1.82. The second-order valence-electron chi connectivity index (χ2n) is 2.56. The van der Waals surface area contributed by atoms with Crippen molar-refractivity contribution < 1.29 is 25.2 Å². The van der Waals surface area contributed by atoms with E-state index in [1.807, 2.05) is 0 Å². The van der Waals surface area contributed by atoms with Crippen LogP contribution in [0.1, 0.15) is 0 Å². The predicted octanol–water partition coefficient (Wildman–Crippen LogP) is -2.54. The Hall–Kier alpha value is -0.200. The van der Waals surface area contributed by atoms with Crippen LogP contribution in [0.5, 0.6) is 0 Å². The van der Waals surface area contributed by atoms with Gasteiger partial charge in [0.1, 0.15) is 24.4 Å². The summed E-state index contributed by atoms with van der Waals surface area (Å²) in [5, 5.41) is 35.4. The molecular weight excluding hydrogens is 152 g/mol. The molecule has 0 aromatic heterocycles. The highest BCUT2D eigenvalue weighted by Gasteiger charge is 2.41. The summed E-state index contributed by atoms with van der Waals surface area (Å²) in [4.78, 5) is 0. The van der Waals surface area contributed by atoms with E-state index >= 15 is 0 Å². The fourth-order valence-electron chi connectivity index (χ4n) is 1.13. The molecule has 0 saturated carbocycles. The molecule has 1 aliphatic rings. The third kappa shape index (κ3) is 1.52. The van der Waals surface area contributed by atoms with E-state index in [-0.39, 0.29) is 13.2 Å². The Kier molecular flexibility index (Phi) is 2.80. The van der Waals surface area contributed by atoms with Crippen molar-refractivity contribution in [2.24, 2.45) is 0 Å². The maximum Gasteiger partial charge on any atom is 0.111 e. The van der Waals surface area contributed by atoms with E-state index in [0.29, 0.717) is 0 Å². The molecule has 1 saturated heterocycles. The molecule has 0 amide bonds. The van der Waals surface area contributed by atoms with Gasteiger partial charge in [0.15, 0.2) is 0 Å². The van der Waals surface area contributed by atoms with Crippen molar-refractivity contribution >= 4 is 0 Å². The van der Waals surface area contributed by atoms with E-state index in [4.69, 9.17) is 25.2 Å². The maximum absolute atomic E-state index is 9.11. The molecule has 0 radical (unpaired) electrons. The molecule has 66 valence electrons. The molecule has 5 nitrogen and oxygen atoms in total. The zero-order chi connectivity index (χ0) is 8.43. The van der Waals surface area contributed by atoms with Gasteiger partial charge in [0.2, 0.25) is 0 Å². The molecule has 0 aromatic carbocycles. The van der Waals surface area contributed by atoms with Gasteiger partial charge in [0.25, 0.3) is 0 Å². The van der Waals surface area contributed by atoms with Gasteiger partial charge in [0, 0.05) is 0 Å². The second-order valence-corrected chi connectivity index (χ2v) is 2.56. The summed E-state index contributed by atoms with van der Waals surface area (Å²) in [5.41, 5.74) is 0. The zero-order valence-corrected chi connectivity index (χ0v) is 5.92. The number of ether oxygens (including phenoxy) is 1. The Morgan fingerprint density at radius 1 is 0.909 bits per heavy atom. The first-order valence-corrected chi connectivity index (χ1v) is 3.44. The molecule has 1 fully saturated rings. The summed E-state index contributed by atoms with van der Waals surface area (Å²) < 4.78 is 4.88. The topological polar surface area (TPSA) is 90.2 Å². The van der Waals surface area contributed by atoms with Gasteiger partial charge in [-0.15, -0.1) is 0 Å². The fourth-order valence-corrected chi connectivity index (χ4v) is 1.13. The second kappa shape index (κ2) is 3.46. The van der Waals surface area contributed by atoms with Gasteiger partial charge >= 0.3 is 0 Å². The van der Waals surface area contributed by atoms with Crippen molar-refractivity contribution in [3.8, 4) is 0 Å². The highest BCUT2D eigenvalue weighted by Crippen LogP contribution is 2.20. The van der Waals surface area contributed by atoms with Crippen molar-refractivity contribution in [1.29, 1.82) is 0 Å². The van der Waals surface area contributed by atoms with E-state index in [1.165, 1.54) is 0 Å². The third-order valence-electron chi connectivity index (χ3n) is 1.82. The Morgan fingerprint density at radius 2 is 1.27 bits per heavy atom. The van der Waals surface area contributed by atoms with Crippen LogP contribution in [0.25, 0.3) is 0 Å². The first kappa shape index (κ1) is 8.89. The molecule has 0 bridgehead atoms. The van der Waals surface area contributed by atoms with Crippen LogP contribution >= 0.6 is 0 Å². The van der Waals surface area contributed by atoms with E-state index in [9.17, 15) is 0 Å². The van der Waals surface area contributed by atoms with Gasteiger partial charge in [-0.05, 0) is 0 Å². The minimum atomic E-state index is -1.10. The van der Waals surface area contributed by atoms with E-state index in [2.05, 4.69) is 0 Å². The van der Waals surface area contributed by atoms with Crippen molar-refractivity contribution in [2.45, 2.75) is 24.4 Å². The van der Waals surface area contributed by atoms with Gasteiger partial charge in [-0.3, -0.25) is 0 Å². The molecule has 5 heteroatoms. The Labute approximate surface area is 63.8 Å². The minimum absolute atomic E-state index is 0.352.